The molecule has 4 amide bonds. The third kappa shape index (κ3) is 5.29. The van der Waals surface area contributed by atoms with Gasteiger partial charge in [0, 0.05) is 19.7 Å². The number of aromatic nitrogens is 1. The predicted octanol–water partition coefficient (Wildman–Crippen LogP) is 1.24. The van der Waals surface area contributed by atoms with Crippen LogP contribution in [0.15, 0.2) is 18.3 Å². The maximum Gasteiger partial charge on any atom is 0.399 e. The number of carbonyl (C=O) groups is 4. The van der Waals surface area contributed by atoms with Crippen LogP contribution in [0.1, 0.15) is 32.6 Å². The summed E-state index contributed by atoms with van der Waals surface area (Å²) < 4.78 is 32.1. The Morgan fingerprint density at radius 3 is 2.78 bits per heavy atom. The number of carbonyl (C=O) groups excluding carboxylic acids is 4. The van der Waals surface area contributed by atoms with Crippen molar-refractivity contribution in [1.29, 1.82) is 5.26 Å². The Hall–Kier alpha value is -3.53. The number of amides is 4. The van der Waals surface area contributed by atoms with Crippen LogP contribution in [0.4, 0.5) is 14.6 Å². The van der Waals surface area contributed by atoms with Crippen LogP contribution in [0.2, 0.25) is 0 Å². The Morgan fingerprint density at radius 2 is 2.16 bits per heavy atom. The summed E-state index contributed by atoms with van der Waals surface area (Å²) in [5.74, 6) is -3.07. The third-order valence-corrected chi connectivity index (χ3v) is 6.98. The number of anilines is 1. The molecule has 1 aliphatic carbocycles. The molecule has 3 heterocycles. The number of nitrogens with one attached hydrogen (secondary N) is 2. The molecule has 4 unspecified atom stereocenters. The van der Waals surface area contributed by atoms with Crippen LogP contribution in [0, 0.1) is 17.2 Å². The van der Waals surface area contributed by atoms with Crippen molar-refractivity contribution in [1.82, 2.24) is 20.1 Å². The molecule has 1 saturated carbocycles. The second kappa shape index (κ2) is 9.74. The summed E-state index contributed by atoms with van der Waals surface area (Å²) in [7, 11) is 1.33. The lowest BCUT2D eigenvalue weighted by atomic mass is 9.97. The third-order valence-electron chi connectivity index (χ3n) is 6.81. The molecule has 11 nitrogen and oxygen atoms in total. The molecule has 3 aliphatic rings. The van der Waals surface area contributed by atoms with Gasteiger partial charge in [-0.25, -0.2) is 4.98 Å². The Balaban J connectivity index is 1.55. The number of halogens is 3. The van der Waals surface area contributed by atoms with E-state index in [1.54, 1.807) is 12.1 Å². The zero-order chi connectivity index (χ0) is 27.1. The van der Waals surface area contributed by atoms with Crippen LogP contribution in [-0.4, -0.2) is 81.1 Å². The van der Waals surface area contributed by atoms with Gasteiger partial charge in [-0.15, -0.1) is 0 Å². The van der Waals surface area contributed by atoms with E-state index in [9.17, 15) is 33.2 Å². The zero-order valence-electron chi connectivity index (χ0n) is 20.0. The molecule has 37 heavy (non-hydrogen) atoms. The average Bonchev–Trinajstić information content (AvgIpc) is 3.60. The van der Waals surface area contributed by atoms with Gasteiger partial charge >= 0.3 is 11.3 Å². The van der Waals surface area contributed by atoms with Crippen molar-refractivity contribution in [3.63, 3.8) is 0 Å². The first-order chi connectivity index (χ1) is 17.4. The maximum absolute atomic E-state index is 13.8. The number of rotatable bonds is 7. The quantitative estimate of drug-likeness (QED) is 0.497. The van der Waals surface area contributed by atoms with Gasteiger partial charge in [-0.1, -0.05) is 12.8 Å². The summed E-state index contributed by atoms with van der Waals surface area (Å²) >= 11 is 4.72. The largest absolute Gasteiger partial charge is 0.472 e. The van der Waals surface area contributed by atoms with Gasteiger partial charge in [0.1, 0.15) is 18.1 Å². The molecule has 1 aromatic rings. The smallest absolute Gasteiger partial charge is 0.399 e. The van der Waals surface area contributed by atoms with Crippen LogP contribution in [0.5, 0.6) is 5.75 Å². The number of likely N-dealkylation sites (N-methyl/N-ethyl adjacent to an activating group) is 1. The van der Waals surface area contributed by atoms with E-state index in [0.29, 0.717) is 5.75 Å². The van der Waals surface area contributed by atoms with Gasteiger partial charge in [-0.05, 0) is 43.0 Å². The minimum atomic E-state index is -4.20. The fourth-order valence-electron chi connectivity index (χ4n) is 4.59. The second-order valence-electron chi connectivity index (χ2n) is 9.55. The topological polar surface area (TPSA) is 145 Å². The minimum absolute atomic E-state index is 0.0967. The Bertz CT molecular complexity index is 1170. The number of ether oxygens (including phenoxy) is 1. The van der Waals surface area contributed by atoms with Crippen LogP contribution in [0.3, 0.4) is 0 Å². The Kier molecular flexibility index (Phi) is 6.98. The van der Waals surface area contributed by atoms with Crippen molar-refractivity contribution in [2.45, 2.75) is 61.7 Å². The molecule has 198 valence electrons. The highest BCUT2D eigenvalue weighted by molar-refractivity contribution is 6.32. The van der Waals surface area contributed by atoms with Gasteiger partial charge < -0.3 is 25.2 Å². The maximum atomic E-state index is 13.8. The van der Waals surface area contributed by atoms with Crippen LogP contribution in [-0.2, 0) is 19.2 Å². The Labute approximate surface area is 216 Å². The van der Waals surface area contributed by atoms with Crippen molar-refractivity contribution in [2.75, 3.05) is 18.9 Å². The number of hydrogen-bond donors (Lipinski definition) is 2. The van der Waals surface area contributed by atoms with E-state index in [2.05, 4.69) is 10.3 Å². The van der Waals surface area contributed by atoms with Crippen LogP contribution >= 0.6 is 11.6 Å². The molecule has 4 rings (SSSR count). The monoisotopic (exact) mass is 538 g/mol. The van der Waals surface area contributed by atoms with Crippen LogP contribution in [0.25, 0.3) is 0 Å². The number of fused-ring (bicyclic) bond motifs is 1. The zero-order valence-corrected chi connectivity index (χ0v) is 20.8. The minimum Gasteiger partial charge on any atom is -0.472 e. The van der Waals surface area contributed by atoms with E-state index in [1.165, 1.54) is 25.1 Å². The number of alkyl halides is 3. The standard InChI is InChI=1S/C23H25ClF2N6O5/c1-12(29-21(36)23(24,25)26)18(33)31(2)15(8-13-5-6-13)19(34)32-11-22(9-14(32)10-27)20(35)30-17-16(37-22)4-3-7-28-17/h3-4,7,12-15H,5-6,8-9,11H2,1-2H3,(H,29,36)(H,28,30,35). The van der Waals surface area contributed by atoms with Gasteiger partial charge in [0.15, 0.2) is 11.6 Å². The Morgan fingerprint density at radius 1 is 1.46 bits per heavy atom. The number of likely N-dealkylation sites (tertiary alicyclic amines) is 1. The van der Waals surface area contributed by atoms with Crippen molar-refractivity contribution in [3.05, 3.63) is 18.3 Å². The number of nitriles is 1. The summed E-state index contributed by atoms with van der Waals surface area (Å²) in [6.07, 6.45) is 3.35. The van der Waals surface area contributed by atoms with Crippen molar-refractivity contribution in [3.8, 4) is 11.8 Å². The molecule has 0 bridgehead atoms. The second-order valence-corrected chi connectivity index (χ2v) is 10.0. The van der Waals surface area contributed by atoms with Gasteiger partial charge in [-0.3, -0.25) is 19.2 Å². The SMILES string of the molecule is CC(NC(=O)C(F)(F)Cl)C(=O)N(C)C(CC1CC1)C(=O)N1CC2(CC1C#N)Oc1cccnc1NC2=O. The van der Waals surface area contributed by atoms with Crippen LogP contribution < -0.4 is 15.4 Å². The lowest BCUT2D eigenvalue weighted by Crippen LogP contribution is -2.57. The summed E-state index contributed by atoms with van der Waals surface area (Å²) in [4.78, 5) is 57.6. The molecule has 2 aliphatic heterocycles. The first-order valence-electron chi connectivity index (χ1n) is 11.7. The number of nitrogens with zero attached hydrogens (tertiary/aromatic N) is 4. The lowest BCUT2D eigenvalue weighted by molar-refractivity contribution is -0.148. The average molecular weight is 539 g/mol. The molecule has 1 saturated heterocycles. The fraction of sp³-hybridized carbons (Fsp3) is 0.565. The molecule has 1 spiro atoms. The molecule has 14 heteroatoms. The van der Waals surface area contributed by atoms with E-state index in [4.69, 9.17) is 16.3 Å². The van der Waals surface area contributed by atoms with Gasteiger partial charge in [0.25, 0.3) is 5.91 Å². The molecule has 2 N–H and O–H groups in total. The first-order valence-corrected chi connectivity index (χ1v) is 12.0. The highest BCUT2D eigenvalue weighted by atomic mass is 35.5. The molecule has 1 aromatic heterocycles. The summed E-state index contributed by atoms with van der Waals surface area (Å²) in [6, 6.07) is 1.80. The predicted molar refractivity (Wildman–Crippen MR) is 124 cm³/mol. The fourth-order valence-corrected chi connectivity index (χ4v) is 4.64. The molecule has 0 aromatic carbocycles. The van der Waals surface area contributed by atoms with Crippen molar-refractivity contribution < 1.29 is 32.7 Å². The molecule has 4 atom stereocenters. The van der Waals surface area contributed by atoms with Gasteiger partial charge in [-0.2, -0.15) is 14.0 Å². The molecule has 0 radical (unpaired) electrons. The van der Waals surface area contributed by atoms with E-state index >= 15 is 0 Å². The van der Waals surface area contributed by atoms with Crippen molar-refractivity contribution >= 4 is 41.0 Å². The summed E-state index contributed by atoms with van der Waals surface area (Å²) in [6.45, 7) is 0.963. The van der Waals surface area contributed by atoms with Gasteiger partial charge in [0.2, 0.25) is 17.4 Å². The van der Waals surface area contributed by atoms with E-state index < -0.39 is 52.7 Å². The van der Waals surface area contributed by atoms with Gasteiger partial charge in [0.05, 0.1) is 12.6 Å². The highest BCUT2D eigenvalue weighted by Crippen LogP contribution is 2.40. The normalized spacial score (nSPS) is 24.3. The molecular weight excluding hydrogens is 514 g/mol. The first kappa shape index (κ1) is 26.5. The summed E-state index contributed by atoms with van der Waals surface area (Å²) in [5, 5.41) is 10.1. The van der Waals surface area contributed by atoms with E-state index in [1.807, 2.05) is 11.4 Å². The van der Waals surface area contributed by atoms with Crippen molar-refractivity contribution in [2.24, 2.45) is 5.92 Å². The lowest BCUT2D eigenvalue weighted by Gasteiger charge is -2.35. The highest BCUT2D eigenvalue weighted by Gasteiger charge is 2.56. The number of hydrogen-bond acceptors (Lipinski definition) is 7. The molecular formula is C23H25ClF2N6O5. The summed E-state index contributed by atoms with van der Waals surface area (Å²) in [5.41, 5.74) is -1.52. The van der Waals surface area contributed by atoms with E-state index in [0.717, 1.165) is 17.7 Å². The number of pyridine rings is 1. The molecule has 2 fully saturated rings. The van der Waals surface area contributed by atoms with E-state index in [-0.39, 0.29) is 31.1 Å².